The van der Waals surface area contributed by atoms with Gasteiger partial charge in [0.05, 0.1) is 0 Å². The third-order valence-electron chi connectivity index (χ3n) is 4.35. The van der Waals surface area contributed by atoms with Gasteiger partial charge < -0.3 is 10.6 Å². The molecule has 1 saturated heterocycles. The van der Waals surface area contributed by atoms with Gasteiger partial charge in [0.25, 0.3) is 0 Å². The van der Waals surface area contributed by atoms with E-state index in [4.69, 9.17) is 0 Å². The molecule has 1 aromatic carbocycles. The molecule has 0 radical (unpaired) electrons. The maximum atomic E-state index is 12.0. The number of rotatable bonds is 3. The van der Waals surface area contributed by atoms with Gasteiger partial charge in [0.2, 0.25) is 5.91 Å². The third kappa shape index (κ3) is 3.16. The molecule has 2 atom stereocenters. The largest absolute Gasteiger partial charge is 0.352 e. The number of fused-ring (bicyclic) bond motifs is 1. The predicted octanol–water partition coefficient (Wildman–Crippen LogP) is 1.66. The molecule has 0 saturated carbocycles. The van der Waals surface area contributed by atoms with Gasteiger partial charge in [-0.1, -0.05) is 24.3 Å². The topological polar surface area (TPSA) is 41.1 Å². The lowest BCUT2D eigenvalue weighted by Crippen LogP contribution is -2.37. The van der Waals surface area contributed by atoms with Crippen molar-refractivity contribution in [2.24, 2.45) is 5.92 Å². The molecule has 1 aromatic rings. The van der Waals surface area contributed by atoms with E-state index in [0.717, 1.165) is 38.8 Å². The number of carbonyl (C=O) groups is 1. The quantitative estimate of drug-likeness (QED) is 0.865. The van der Waals surface area contributed by atoms with E-state index in [9.17, 15) is 4.79 Å². The highest BCUT2D eigenvalue weighted by Gasteiger charge is 2.22. The van der Waals surface area contributed by atoms with E-state index in [0.29, 0.717) is 18.4 Å². The van der Waals surface area contributed by atoms with Gasteiger partial charge >= 0.3 is 0 Å². The number of benzene rings is 1. The lowest BCUT2D eigenvalue weighted by Gasteiger charge is -2.24. The van der Waals surface area contributed by atoms with E-state index in [2.05, 4.69) is 34.9 Å². The Labute approximate surface area is 114 Å². The van der Waals surface area contributed by atoms with Crippen molar-refractivity contribution in [1.82, 2.24) is 10.6 Å². The predicted molar refractivity (Wildman–Crippen MR) is 76.0 cm³/mol. The fourth-order valence-corrected chi connectivity index (χ4v) is 3.27. The van der Waals surface area contributed by atoms with E-state index in [1.54, 1.807) is 0 Å². The lowest BCUT2D eigenvalue weighted by atomic mass is 9.82. The van der Waals surface area contributed by atoms with E-state index >= 15 is 0 Å². The molecular formula is C16H22N2O. The van der Waals surface area contributed by atoms with Gasteiger partial charge in [-0.15, -0.1) is 0 Å². The summed E-state index contributed by atoms with van der Waals surface area (Å²) in [5.74, 6) is 0.752. The first-order chi connectivity index (χ1) is 9.31. The number of hydrogen-bond donors (Lipinski definition) is 2. The molecular weight excluding hydrogens is 236 g/mol. The summed E-state index contributed by atoms with van der Waals surface area (Å²) >= 11 is 0. The van der Waals surface area contributed by atoms with E-state index < -0.39 is 0 Å². The van der Waals surface area contributed by atoms with Crippen LogP contribution in [-0.2, 0) is 17.6 Å². The van der Waals surface area contributed by atoms with Gasteiger partial charge in [-0.05, 0) is 49.3 Å². The van der Waals surface area contributed by atoms with Crippen molar-refractivity contribution in [3.05, 3.63) is 35.4 Å². The number of amides is 1. The van der Waals surface area contributed by atoms with Crippen LogP contribution in [-0.4, -0.2) is 25.0 Å². The Balaban J connectivity index is 1.52. The summed E-state index contributed by atoms with van der Waals surface area (Å²) < 4.78 is 0. The zero-order valence-electron chi connectivity index (χ0n) is 11.3. The average Bonchev–Trinajstić information content (AvgIpc) is 2.91. The van der Waals surface area contributed by atoms with E-state index in [-0.39, 0.29) is 5.91 Å². The second kappa shape index (κ2) is 5.74. The van der Waals surface area contributed by atoms with Crippen LogP contribution in [0, 0.1) is 5.92 Å². The first kappa shape index (κ1) is 12.7. The first-order valence-corrected chi connectivity index (χ1v) is 7.38. The molecule has 19 heavy (non-hydrogen) atoms. The molecule has 102 valence electrons. The van der Waals surface area contributed by atoms with Gasteiger partial charge in [-0.2, -0.15) is 0 Å². The molecule has 2 unspecified atom stereocenters. The summed E-state index contributed by atoms with van der Waals surface area (Å²) in [6.45, 7) is 1.96. The molecule has 0 aromatic heterocycles. The minimum Gasteiger partial charge on any atom is -0.352 e. The third-order valence-corrected chi connectivity index (χ3v) is 4.35. The average molecular weight is 258 g/mol. The van der Waals surface area contributed by atoms with Crippen LogP contribution >= 0.6 is 0 Å². The maximum Gasteiger partial charge on any atom is 0.220 e. The minimum atomic E-state index is 0.234. The highest BCUT2D eigenvalue weighted by atomic mass is 16.1. The van der Waals surface area contributed by atoms with Crippen LogP contribution in [0.2, 0.25) is 0 Å². The van der Waals surface area contributed by atoms with Gasteiger partial charge in [-0.3, -0.25) is 4.79 Å². The number of hydrogen-bond acceptors (Lipinski definition) is 2. The Kier molecular flexibility index (Phi) is 3.83. The van der Waals surface area contributed by atoms with Crippen LogP contribution < -0.4 is 10.6 Å². The summed E-state index contributed by atoms with van der Waals surface area (Å²) in [5, 5.41) is 6.43. The first-order valence-electron chi connectivity index (χ1n) is 7.38. The van der Waals surface area contributed by atoms with Gasteiger partial charge in [-0.25, -0.2) is 0 Å². The second-order valence-electron chi connectivity index (χ2n) is 5.84. The zero-order valence-corrected chi connectivity index (χ0v) is 11.3. The van der Waals surface area contributed by atoms with Crippen LogP contribution in [0.3, 0.4) is 0 Å². The number of carbonyl (C=O) groups excluding carboxylic acids is 1. The monoisotopic (exact) mass is 258 g/mol. The molecule has 1 heterocycles. The smallest absolute Gasteiger partial charge is 0.220 e. The maximum absolute atomic E-state index is 12.0. The summed E-state index contributed by atoms with van der Waals surface area (Å²) in [6.07, 6.45) is 5.09. The lowest BCUT2D eigenvalue weighted by molar-refractivity contribution is -0.122. The van der Waals surface area contributed by atoms with E-state index in [1.165, 1.54) is 11.1 Å². The SMILES string of the molecule is O=C(CC1CCc2ccccc2C1)NC1CCNC1. The van der Waals surface area contributed by atoms with Gasteiger partial charge in [0.15, 0.2) is 0 Å². The van der Waals surface area contributed by atoms with Crippen molar-refractivity contribution in [2.45, 2.75) is 38.1 Å². The molecule has 3 rings (SSSR count). The Hall–Kier alpha value is -1.35. The second-order valence-corrected chi connectivity index (χ2v) is 5.84. The summed E-state index contributed by atoms with van der Waals surface area (Å²) in [6, 6.07) is 8.99. The fraction of sp³-hybridized carbons (Fsp3) is 0.562. The van der Waals surface area contributed by atoms with Crippen molar-refractivity contribution >= 4 is 5.91 Å². The van der Waals surface area contributed by atoms with Crippen molar-refractivity contribution in [2.75, 3.05) is 13.1 Å². The molecule has 1 fully saturated rings. The van der Waals surface area contributed by atoms with Gasteiger partial charge in [0.1, 0.15) is 0 Å². The molecule has 3 heteroatoms. The van der Waals surface area contributed by atoms with E-state index in [1.807, 2.05) is 0 Å². The van der Waals surface area contributed by atoms with Crippen LogP contribution in [0.1, 0.15) is 30.4 Å². The molecule has 3 nitrogen and oxygen atoms in total. The Bertz CT molecular complexity index is 452. The van der Waals surface area contributed by atoms with Crippen LogP contribution in [0.15, 0.2) is 24.3 Å². The van der Waals surface area contributed by atoms with Gasteiger partial charge in [0, 0.05) is 19.0 Å². The zero-order chi connectivity index (χ0) is 13.1. The normalized spacial score (nSPS) is 25.9. The number of nitrogens with one attached hydrogen (secondary N) is 2. The molecule has 0 bridgehead atoms. The van der Waals surface area contributed by atoms with Crippen molar-refractivity contribution < 1.29 is 4.79 Å². The Morgan fingerprint density at radius 1 is 1.26 bits per heavy atom. The van der Waals surface area contributed by atoms with Crippen LogP contribution in [0.5, 0.6) is 0 Å². The number of aryl methyl sites for hydroxylation is 1. The molecule has 2 N–H and O–H groups in total. The Morgan fingerprint density at radius 2 is 2.11 bits per heavy atom. The van der Waals surface area contributed by atoms with Crippen LogP contribution in [0.25, 0.3) is 0 Å². The molecule has 1 aliphatic heterocycles. The van der Waals surface area contributed by atoms with Crippen molar-refractivity contribution in [1.29, 1.82) is 0 Å². The standard InChI is InChI=1S/C16H22N2O/c19-16(18-15-7-8-17-11-15)10-12-5-6-13-3-1-2-4-14(13)9-12/h1-4,12,15,17H,5-11H2,(H,18,19). The fourth-order valence-electron chi connectivity index (χ4n) is 3.27. The summed E-state index contributed by atoms with van der Waals surface area (Å²) in [4.78, 5) is 12.0. The molecule has 0 spiro atoms. The molecule has 1 amide bonds. The highest BCUT2D eigenvalue weighted by molar-refractivity contribution is 5.76. The van der Waals surface area contributed by atoms with Crippen LogP contribution in [0.4, 0.5) is 0 Å². The van der Waals surface area contributed by atoms with Crippen molar-refractivity contribution in [3.8, 4) is 0 Å². The highest BCUT2D eigenvalue weighted by Crippen LogP contribution is 2.27. The molecule has 1 aliphatic carbocycles. The molecule has 2 aliphatic rings. The minimum absolute atomic E-state index is 0.234. The summed E-state index contributed by atoms with van der Waals surface area (Å²) in [7, 11) is 0. The van der Waals surface area contributed by atoms with Crippen molar-refractivity contribution in [3.63, 3.8) is 0 Å². The Morgan fingerprint density at radius 3 is 2.89 bits per heavy atom. The summed E-state index contributed by atoms with van der Waals surface area (Å²) in [5.41, 5.74) is 2.91.